The predicted molar refractivity (Wildman–Crippen MR) is 81.9 cm³/mol. The number of hydrogen-bond acceptors (Lipinski definition) is 5. The summed E-state index contributed by atoms with van der Waals surface area (Å²) in [6.07, 6.45) is 4.13. The van der Waals surface area contributed by atoms with Crippen molar-refractivity contribution in [3.05, 3.63) is 53.9 Å². The average molecular weight is 295 g/mol. The second-order valence-corrected chi connectivity index (χ2v) is 5.58. The van der Waals surface area contributed by atoms with Crippen molar-refractivity contribution in [3.63, 3.8) is 0 Å². The Kier molecular flexibility index (Phi) is 3.14. The van der Waals surface area contributed by atoms with E-state index >= 15 is 0 Å². The average Bonchev–Trinajstić information content (AvgIpc) is 3.13. The van der Waals surface area contributed by atoms with E-state index in [1.807, 2.05) is 41.9 Å². The van der Waals surface area contributed by atoms with E-state index in [1.54, 1.807) is 6.20 Å². The maximum absolute atomic E-state index is 5.28. The lowest BCUT2D eigenvalue weighted by Gasteiger charge is -2.12. The minimum atomic E-state index is 0.486. The standard InChI is InChI=1S/C16H17N5O/c1-11-8-9-18-21(11)14-5-3-2-4-13(14)17-10-15-19-16(22-20-15)12-6-7-12/h2-5,8-9,12,17H,6-7,10H2,1H3. The Hall–Kier alpha value is -2.63. The van der Waals surface area contributed by atoms with Gasteiger partial charge in [-0.25, -0.2) is 4.68 Å². The molecule has 112 valence electrons. The zero-order valence-electron chi connectivity index (χ0n) is 12.4. The first-order valence-electron chi connectivity index (χ1n) is 7.47. The third-order valence-corrected chi connectivity index (χ3v) is 3.81. The number of aromatic nitrogens is 4. The number of nitrogens with one attached hydrogen (secondary N) is 1. The molecule has 1 aliphatic carbocycles. The van der Waals surface area contributed by atoms with Gasteiger partial charge < -0.3 is 9.84 Å². The number of rotatable bonds is 5. The van der Waals surface area contributed by atoms with E-state index in [2.05, 4.69) is 20.6 Å². The van der Waals surface area contributed by atoms with Crippen molar-refractivity contribution in [3.8, 4) is 5.69 Å². The SMILES string of the molecule is Cc1ccnn1-c1ccccc1NCc1noc(C2CC2)n1. The van der Waals surface area contributed by atoms with Gasteiger partial charge in [-0.3, -0.25) is 0 Å². The van der Waals surface area contributed by atoms with Crippen LogP contribution in [0.2, 0.25) is 0 Å². The Balaban J connectivity index is 1.54. The molecule has 1 fully saturated rings. The lowest BCUT2D eigenvalue weighted by molar-refractivity contribution is 0.374. The van der Waals surface area contributed by atoms with Gasteiger partial charge >= 0.3 is 0 Å². The van der Waals surface area contributed by atoms with Crippen molar-refractivity contribution in [1.82, 2.24) is 19.9 Å². The van der Waals surface area contributed by atoms with Crippen LogP contribution in [0.1, 0.15) is 36.2 Å². The Morgan fingerprint density at radius 3 is 2.91 bits per heavy atom. The molecule has 1 N–H and O–H groups in total. The summed E-state index contributed by atoms with van der Waals surface area (Å²) in [6.45, 7) is 2.57. The fourth-order valence-corrected chi connectivity index (χ4v) is 2.44. The van der Waals surface area contributed by atoms with Crippen molar-refractivity contribution >= 4 is 5.69 Å². The molecular weight excluding hydrogens is 278 g/mol. The third-order valence-electron chi connectivity index (χ3n) is 3.81. The highest BCUT2D eigenvalue weighted by molar-refractivity contribution is 5.60. The number of nitrogens with zero attached hydrogens (tertiary/aromatic N) is 4. The molecule has 6 heteroatoms. The van der Waals surface area contributed by atoms with Gasteiger partial charge in [-0.2, -0.15) is 10.1 Å². The summed E-state index contributed by atoms with van der Waals surface area (Å²) in [5.74, 6) is 1.95. The lowest BCUT2D eigenvalue weighted by atomic mass is 10.2. The van der Waals surface area contributed by atoms with Crippen LogP contribution in [0, 0.1) is 6.92 Å². The molecule has 0 unspecified atom stereocenters. The molecule has 0 radical (unpaired) electrons. The van der Waals surface area contributed by atoms with Crippen LogP contribution in [0.3, 0.4) is 0 Å². The van der Waals surface area contributed by atoms with E-state index in [1.165, 1.54) is 0 Å². The van der Waals surface area contributed by atoms with Crippen LogP contribution in [-0.2, 0) is 6.54 Å². The van der Waals surface area contributed by atoms with Gasteiger partial charge in [0.05, 0.1) is 17.9 Å². The smallest absolute Gasteiger partial charge is 0.229 e. The zero-order valence-corrected chi connectivity index (χ0v) is 12.4. The maximum Gasteiger partial charge on any atom is 0.229 e. The fraction of sp³-hybridized carbons (Fsp3) is 0.312. The third kappa shape index (κ3) is 2.47. The molecule has 1 aliphatic rings. The first-order valence-corrected chi connectivity index (χ1v) is 7.47. The van der Waals surface area contributed by atoms with Crippen LogP contribution in [0.5, 0.6) is 0 Å². The maximum atomic E-state index is 5.28. The van der Waals surface area contributed by atoms with Crippen LogP contribution >= 0.6 is 0 Å². The Labute approximate surface area is 128 Å². The zero-order chi connectivity index (χ0) is 14.9. The molecule has 2 aromatic heterocycles. The van der Waals surface area contributed by atoms with Gasteiger partial charge in [0.15, 0.2) is 5.82 Å². The minimum absolute atomic E-state index is 0.486. The number of anilines is 1. The van der Waals surface area contributed by atoms with Gasteiger partial charge in [-0.05, 0) is 38.0 Å². The van der Waals surface area contributed by atoms with Gasteiger partial charge in [-0.15, -0.1) is 0 Å². The second kappa shape index (κ2) is 5.29. The quantitative estimate of drug-likeness (QED) is 0.783. The molecule has 2 heterocycles. The highest BCUT2D eigenvalue weighted by Crippen LogP contribution is 2.38. The number of aryl methyl sites for hydroxylation is 1. The van der Waals surface area contributed by atoms with Gasteiger partial charge in [0.25, 0.3) is 0 Å². The summed E-state index contributed by atoms with van der Waals surface area (Å²) in [4.78, 5) is 4.43. The summed E-state index contributed by atoms with van der Waals surface area (Å²) < 4.78 is 7.19. The van der Waals surface area contributed by atoms with Crippen LogP contribution in [-0.4, -0.2) is 19.9 Å². The topological polar surface area (TPSA) is 68.8 Å². The highest BCUT2D eigenvalue weighted by Gasteiger charge is 2.29. The molecular formula is C16H17N5O. The molecule has 0 atom stereocenters. The Morgan fingerprint density at radius 1 is 1.27 bits per heavy atom. The summed E-state index contributed by atoms with van der Waals surface area (Å²) in [6, 6.07) is 10.0. The normalized spacial score (nSPS) is 14.2. The van der Waals surface area contributed by atoms with Crippen molar-refractivity contribution in [1.29, 1.82) is 0 Å². The van der Waals surface area contributed by atoms with Gasteiger partial charge in [0.1, 0.15) is 0 Å². The van der Waals surface area contributed by atoms with Gasteiger partial charge in [-0.1, -0.05) is 17.3 Å². The van der Waals surface area contributed by atoms with E-state index in [4.69, 9.17) is 4.52 Å². The van der Waals surface area contributed by atoms with E-state index in [0.717, 1.165) is 35.8 Å². The van der Waals surface area contributed by atoms with E-state index in [-0.39, 0.29) is 0 Å². The van der Waals surface area contributed by atoms with Crippen LogP contribution < -0.4 is 5.32 Å². The number of hydrogen-bond donors (Lipinski definition) is 1. The largest absolute Gasteiger partial charge is 0.376 e. The van der Waals surface area contributed by atoms with E-state index in [0.29, 0.717) is 18.3 Å². The van der Waals surface area contributed by atoms with Gasteiger partial charge in [0, 0.05) is 17.8 Å². The molecule has 4 rings (SSSR count). The first kappa shape index (κ1) is 13.1. The second-order valence-electron chi connectivity index (χ2n) is 5.58. The van der Waals surface area contributed by atoms with Crippen LogP contribution in [0.4, 0.5) is 5.69 Å². The Bertz CT molecular complexity index is 787. The van der Waals surface area contributed by atoms with Crippen molar-refractivity contribution in [2.75, 3.05) is 5.32 Å². The molecule has 0 amide bonds. The highest BCUT2D eigenvalue weighted by atomic mass is 16.5. The van der Waals surface area contributed by atoms with Crippen molar-refractivity contribution in [2.24, 2.45) is 0 Å². The summed E-state index contributed by atoms with van der Waals surface area (Å²) in [5.41, 5.74) is 3.09. The molecule has 6 nitrogen and oxygen atoms in total. The number of para-hydroxylation sites is 2. The van der Waals surface area contributed by atoms with E-state index < -0.39 is 0 Å². The summed E-state index contributed by atoms with van der Waals surface area (Å²) in [7, 11) is 0. The van der Waals surface area contributed by atoms with E-state index in [9.17, 15) is 0 Å². The number of benzene rings is 1. The molecule has 0 aliphatic heterocycles. The molecule has 0 saturated heterocycles. The molecule has 3 aromatic rings. The van der Waals surface area contributed by atoms with Gasteiger partial charge in [0.2, 0.25) is 5.89 Å². The monoisotopic (exact) mass is 295 g/mol. The molecule has 22 heavy (non-hydrogen) atoms. The molecule has 1 aromatic carbocycles. The van der Waals surface area contributed by atoms with Crippen LogP contribution in [0.15, 0.2) is 41.1 Å². The minimum Gasteiger partial charge on any atom is -0.376 e. The predicted octanol–water partition coefficient (Wildman–Crippen LogP) is 3.05. The molecule has 0 spiro atoms. The first-order chi connectivity index (χ1) is 10.8. The fourth-order valence-electron chi connectivity index (χ4n) is 2.44. The summed E-state index contributed by atoms with van der Waals surface area (Å²) in [5, 5.41) is 11.8. The molecule has 0 bridgehead atoms. The lowest BCUT2D eigenvalue weighted by Crippen LogP contribution is -2.07. The molecule has 1 saturated carbocycles. The summed E-state index contributed by atoms with van der Waals surface area (Å²) >= 11 is 0. The van der Waals surface area contributed by atoms with Crippen molar-refractivity contribution < 1.29 is 4.52 Å². The van der Waals surface area contributed by atoms with Crippen LogP contribution in [0.25, 0.3) is 5.69 Å². The Morgan fingerprint density at radius 2 is 2.14 bits per heavy atom. The van der Waals surface area contributed by atoms with Crippen molar-refractivity contribution in [2.45, 2.75) is 32.2 Å².